The molecule has 0 unspecified atom stereocenters. The van der Waals surface area contributed by atoms with Crippen LogP contribution in [0.15, 0.2) is 119 Å². The average Bonchev–Trinajstić information content (AvgIpc) is 3.45. The summed E-state index contributed by atoms with van der Waals surface area (Å²) in [7, 11) is 0. The van der Waals surface area contributed by atoms with Gasteiger partial charge >= 0.3 is 24.0 Å². The van der Waals surface area contributed by atoms with Gasteiger partial charge in [0.15, 0.2) is 0 Å². The molecule has 49 heavy (non-hydrogen) atoms. The Hall–Kier alpha value is -5.36. The van der Waals surface area contributed by atoms with Gasteiger partial charge in [-0.3, -0.25) is 0 Å². The van der Waals surface area contributed by atoms with Gasteiger partial charge in [-0.1, -0.05) is 70.9 Å². The highest BCUT2D eigenvalue weighted by Gasteiger charge is 2.32. The number of aliphatic imine (C=N–C) groups is 2. The molecule has 0 bridgehead atoms. The number of rotatable bonds is 10. The predicted molar refractivity (Wildman–Crippen MR) is 195 cm³/mol. The van der Waals surface area contributed by atoms with E-state index in [4.69, 9.17) is 52.1 Å². The molecular weight excluding hydrogens is 687 g/mol. The molecule has 0 saturated carbocycles. The first-order chi connectivity index (χ1) is 23.8. The highest BCUT2D eigenvalue weighted by Crippen LogP contribution is 2.43. The Kier molecular flexibility index (Phi) is 12.2. The summed E-state index contributed by atoms with van der Waals surface area (Å²) in [5, 5.41) is 7.44. The van der Waals surface area contributed by atoms with Crippen molar-refractivity contribution in [2.24, 2.45) is 9.98 Å². The topological polar surface area (TPSA) is 120 Å². The smallest absolute Gasteiger partial charge is 0.342 e. The van der Waals surface area contributed by atoms with Gasteiger partial charge < -0.3 is 29.6 Å². The Morgan fingerprint density at radius 1 is 0.592 bits per heavy atom. The fourth-order valence-corrected chi connectivity index (χ4v) is 5.47. The monoisotopic (exact) mass is 716 g/mol. The van der Waals surface area contributed by atoms with E-state index in [2.05, 4.69) is 10.6 Å². The molecule has 0 saturated heterocycles. The number of amidine groups is 2. The molecule has 1 heterocycles. The molecule has 0 amide bonds. The number of hydrogen-bond acceptors (Lipinski definition) is 9. The number of halogens is 2. The quantitative estimate of drug-likeness (QED) is 0.0833. The van der Waals surface area contributed by atoms with Crippen LogP contribution in [0.3, 0.4) is 0 Å². The van der Waals surface area contributed by atoms with Crippen LogP contribution in [0.25, 0.3) is 0 Å². The Labute approximate surface area is 296 Å². The van der Waals surface area contributed by atoms with Crippen molar-refractivity contribution >= 4 is 79.9 Å². The minimum atomic E-state index is -0.802. The normalized spacial score (nSPS) is 11.4. The summed E-state index contributed by atoms with van der Waals surface area (Å²) < 4.78 is 23.0. The van der Waals surface area contributed by atoms with Gasteiger partial charge in [0.25, 0.3) is 0 Å². The third-order valence-corrected chi connectivity index (χ3v) is 7.82. The van der Waals surface area contributed by atoms with Crippen LogP contribution in [-0.4, -0.2) is 37.2 Å². The Balaban J connectivity index is 1.69. The lowest BCUT2D eigenvalue weighted by Gasteiger charge is -2.12. The van der Waals surface area contributed by atoms with Crippen LogP contribution in [0.5, 0.6) is 11.5 Å². The summed E-state index contributed by atoms with van der Waals surface area (Å²) in [5.41, 5.74) is 1.00. The Morgan fingerprint density at radius 3 is 1.31 bits per heavy atom. The lowest BCUT2D eigenvalue weighted by Crippen LogP contribution is -2.20. The van der Waals surface area contributed by atoms with E-state index >= 15 is 0 Å². The van der Waals surface area contributed by atoms with Gasteiger partial charge in [-0.25, -0.2) is 9.59 Å². The van der Waals surface area contributed by atoms with Gasteiger partial charge in [0.2, 0.25) is 0 Å². The predicted octanol–water partition coefficient (Wildman–Crippen LogP) is 9.77. The molecule has 5 aromatic rings. The molecular formula is C36H30Cl2N4O6S. The van der Waals surface area contributed by atoms with E-state index < -0.39 is 11.9 Å². The molecule has 10 nitrogen and oxygen atoms in total. The molecule has 0 aliphatic heterocycles. The van der Waals surface area contributed by atoms with E-state index in [1.807, 2.05) is 60.7 Å². The molecule has 2 N–H and O–H groups in total. The van der Waals surface area contributed by atoms with Crippen LogP contribution in [0.2, 0.25) is 10.0 Å². The first kappa shape index (κ1) is 35.0. The lowest BCUT2D eigenvalue weighted by atomic mass is 10.1. The number of hydrogen-bond donors (Lipinski definition) is 2. The van der Waals surface area contributed by atoms with Crippen molar-refractivity contribution in [3.63, 3.8) is 0 Å². The maximum Gasteiger partial charge on any atom is 0.342 e. The maximum atomic E-state index is 13.6. The van der Waals surface area contributed by atoms with Gasteiger partial charge in [0.05, 0.1) is 13.2 Å². The van der Waals surface area contributed by atoms with Gasteiger partial charge in [0.1, 0.15) is 32.6 Å². The lowest BCUT2D eigenvalue weighted by molar-refractivity contribution is 0.0481. The fraction of sp³-hybridized carbons (Fsp3) is 0.111. The summed E-state index contributed by atoms with van der Waals surface area (Å²) in [6, 6.07) is 31.7. The summed E-state index contributed by atoms with van der Waals surface area (Å²) in [6.45, 7) is 3.39. The number of para-hydroxylation sites is 2. The highest BCUT2D eigenvalue weighted by atomic mass is 35.5. The molecule has 5 rings (SSSR count). The molecule has 13 heteroatoms. The zero-order chi connectivity index (χ0) is 34.6. The van der Waals surface area contributed by atoms with Crippen LogP contribution >= 0.6 is 34.5 Å². The summed E-state index contributed by atoms with van der Waals surface area (Å²) in [4.78, 5) is 36.5. The van der Waals surface area contributed by atoms with Crippen LogP contribution in [-0.2, 0) is 9.47 Å². The summed E-state index contributed by atoms with van der Waals surface area (Å²) >= 11 is 13.1. The molecule has 4 aromatic carbocycles. The van der Waals surface area contributed by atoms with Gasteiger partial charge in [-0.2, -0.15) is 9.98 Å². The molecule has 0 radical (unpaired) electrons. The second-order valence-corrected chi connectivity index (χ2v) is 11.7. The Morgan fingerprint density at radius 2 is 0.959 bits per heavy atom. The molecule has 1 aromatic heterocycles. The van der Waals surface area contributed by atoms with E-state index in [9.17, 15) is 9.59 Å². The van der Waals surface area contributed by atoms with Gasteiger partial charge in [-0.15, -0.1) is 0 Å². The number of anilines is 2. The fourth-order valence-electron chi connectivity index (χ4n) is 4.21. The van der Waals surface area contributed by atoms with Crippen molar-refractivity contribution in [3.8, 4) is 11.5 Å². The SMILES string of the molecule is CCOC(=O)c1c(/N=C(/Nc2ccccc2)Oc2ccc(Cl)cc2)sc(/N=C(\Nc2ccccc2)Oc2ccc(Cl)cc2)c1C(=O)OCC. The van der Waals surface area contributed by atoms with Crippen LogP contribution in [0.4, 0.5) is 21.4 Å². The zero-order valence-corrected chi connectivity index (χ0v) is 28.6. The molecule has 0 aliphatic rings. The standard InChI is InChI=1S/C36H30Cl2N4O6S/c1-3-45-33(43)29-30(34(44)46-4-2)32(42-36(40-26-13-9-6-10-14-26)48-28-21-17-24(38)18-22-28)49-31(29)41-35(39-25-11-7-5-8-12-25)47-27-19-15-23(37)16-20-27/h5-22H,3-4H2,1-2H3,(H,39,41)(H,40,42). The first-order valence-electron chi connectivity index (χ1n) is 15.0. The van der Waals surface area contributed by atoms with Crippen molar-refractivity contribution in [1.82, 2.24) is 0 Å². The van der Waals surface area contributed by atoms with Crippen LogP contribution < -0.4 is 20.1 Å². The van der Waals surface area contributed by atoms with Crippen molar-refractivity contribution in [2.75, 3.05) is 23.8 Å². The maximum absolute atomic E-state index is 13.6. The van der Waals surface area contributed by atoms with Crippen LogP contribution in [0, 0.1) is 0 Å². The molecule has 0 spiro atoms. The minimum absolute atomic E-state index is 0.00805. The molecule has 0 aliphatic carbocycles. The number of esters is 2. The van der Waals surface area contributed by atoms with E-state index in [-0.39, 0.29) is 46.4 Å². The van der Waals surface area contributed by atoms with Crippen LogP contribution in [0.1, 0.15) is 34.6 Å². The van der Waals surface area contributed by atoms with E-state index in [0.717, 1.165) is 11.3 Å². The number of benzene rings is 4. The molecule has 0 atom stereocenters. The number of nitrogens with one attached hydrogen (secondary N) is 2. The third-order valence-electron chi connectivity index (χ3n) is 6.34. The van der Waals surface area contributed by atoms with Crippen molar-refractivity contribution in [2.45, 2.75) is 13.8 Å². The third kappa shape index (κ3) is 9.83. The zero-order valence-electron chi connectivity index (χ0n) is 26.3. The highest BCUT2D eigenvalue weighted by molar-refractivity contribution is 7.20. The summed E-state index contributed by atoms with van der Waals surface area (Å²) in [6.07, 6.45) is 0. The molecule has 0 fully saturated rings. The van der Waals surface area contributed by atoms with E-state index in [1.54, 1.807) is 62.4 Å². The second-order valence-electron chi connectivity index (χ2n) is 9.83. The van der Waals surface area contributed by atoms with E-state index in [1.165, 1.54) is 0 Å². The number of nitrogens with zero attached hydrogens (tertiary/aromatic N) is 2. The summed E-state index contributed by atoms with van der Waals surface area (Å²) in [5.74, 6) is -0.779. The van der Waals surface area contributed by atoms with Gasteiger partial charge in [-0.05, 0) is 86.6 Å². The van der Waals surface area contributed by atoms with E-state index in [0.29, 0.717) is 32.9 Å². The minimum Gasteiger partial charge on any atom is -0.462 e. The molecule has 250 valence electrons. The van der Waals surface area contributed by atoms with Crippen molar-refractivity contribution in [1.29, 1.82) is 0 Å². The number of thiophene rings is 1. The largest absolute Gasteiger partial charge is 0.462 e. The number of carbonyl (C=O) groups excluding carboxylic acids is 2. The average molecular weight is 718 g/mol. The number of ether oxygens (including phenoxy) is 4. The van der Waals surface area contributed by atoms with Gasteiger partial charge in [0, 0.05) is 21.4 Å². The first-order valence-corrected chi connectivity index (χ1v) is 16.6. The second kappa shape index (κ2) is 17.2. The Bertz CT molecular complexity index is 1800. The van der Waals surface area contributed by atoms with Crippen molar-refractivity contribution in [3.05, 3.63) is 130 Å². The number of carbonyl (C=O) groups is 2. The van der Waals surface area contributed by atoms with Crippen molar-refractivity contribution < 1.29 is 28.5 Å².